The van der Waals surface area contributed by atoms with Gasteiger partial charge in [0, 0.05) is 18.8 Å². The number of benzene rings is 1. The molecule has 0 saturated carbocycles. The Hall–Kier alpha value is -3.80. The van der Waals surface area contributed by atoms with E-state index in [2.05, 4.69) is 38.9 Å². The molecule has 2 aromatic rings. The van der Waals surface area contributed by atoms with Crippen LogP contribution in [0.1, 0.15) is 13.8 Å². The van der Waals surface area contributed by atoms with Crippen LogP contribution in [0, 0.1) is 13.1 Å². The maximum Gasteiger partial charge on any atom is 0.433 e. The van der Waals surface area contributed by atoms with Crippen LogP contribution in [0.2, 0.25) is 0 Å². The molecule has 2 N–H and O–H groups in total. The topological polar surface area (TPSA) is 113 Å². The number of aromatic nitrogens is 2. The fourth-order valence-corrected chi connectivity index (χ4v) is 4.21. The minimum atomic E-state index is -5.52. The van der Waals surface area contributed by atoms with E-state index >= 15 is 0 Å². The molecule has 20 heteroatoms. The number of azo groups is 1. The van der Waals surface area contributed by atoms with Gasteiger partial charge in [0.05, 0.1) is 5.69 Å². The molecule has 41 heavy (non-hydrogen) atoms. The van der Waals surface area contributed by atoms with Crippen LogP contribution in [0.3, 0.4) is 0 Å². The van der Waals surface area contributed by atoms with Crippen molar-refractivity contribution >= 4 is 42.4 Å². The summed E-state index contributed by atoms with van der Waals surface area (Å²) in [5, 5.41) is 9.38. The van der Waals surface area contributed by atoms with E-state index in [0.717, 1.165) is 0 Å². The predicted molar refractivity (Wildman–Crippen MR) is 130 cm³/mol. The monoisotopic (exact) mass is 616 g/mol. The van der Waals surface area contributed by atoms with Crippen LogP contribution >= 0.6 is 7.75 Å². The van der Waals surface area contributed by atoms with E-state index in [1.807, 2.05) is 5.09 Å². The molecule has 1 aromatic carbocycles. The Labute approximate surface area is 227 Å². The Bertz CT molecular complexity index is 1300. The van der Waals surface area contributed by atoms with E-state index in [0.29, 0.717) is 18.8 Å². The summed E-state index contributed by atoms with van der Waals surface area (Å²) in [6.07, 6.45) is -8.63. The molecule has 2 rings (SSSR count). The highest BCUT2D eigenvalue weighted by atomic mass is 31.2. The van der Waals surface area contributed by atoms with Crippen LogP contribution in [0.25, 0.3) is 9.69 Å². The SMILES string of the molecule is [C-]#[N+]c1nc(N=Nc2ccc(N(CC)CC)cc2NP(=O)(OCC(F)(F)C(F)F)OCC(F)(F)C(F)F)[nH]c1[N+]#[C-]. The van der Waals surface area contributed by atoms with Crippen molar-refractivity contribution in [1.82, 2.24) is 9.97 Å². The second-order valence-corrected chi connectivity index (χ2v) is 9.54. The normalized spacial score (nSPS) is 12.6. The van der Waals surface area contributed by atoms with Gasteiger partial charge < -0.3 is 14.6 Å². The molecule has 0 bridgehead atoms. The van der Waals surface area contributed by atoms with E-state index in [-0.39, 0.29) is 23.3 Å². The first kappa shape index (κ1) is 33.4. The molecule has 0 spiro atoms. The summed E-state index contributed by atoms with van der Waals surface area (Å²) in [5.74, 6) is -10.8. The third-order valence-corrected chi connectivity index (χ3v) is 6.44. The number of hydrogen-bond donors (Lipinski definition) is 2. The Kier molecular flexibility index (Phi) is 11.2. The van der Waals surface area contributed by atoms with Crippen LogP contribution in [0.4, 0.5) is 69.8 Å². The zero-order valence-electron chi connectivity index (χ0n) is 21.1. The Balaban J connectivity index is 2.57. The van der Waals surface area contributed by atoms with Crippen molar-refractivity contribution < 1.29 is 48.7 Å². The van der Waals surface area contributed by atoms with Crippen molar-refractivity contribution in [3.8, 4) is 0 Å². The lowest BCUT2D eigenvalue weighted by Gasteiger charge is -2.26. The van der Waals surface area contributed by atoms with Crippen LogP contribution in [-0.2, 0) is 13.6 Å². The third kappa shape index (κ3) is 8.84. The van der Waals surface area contributed by atoms with Crippen LogP contribution in [-0.4, -0.2) is 61.0 Å². The average Bonchev–Trinajstić information content (AvgIpc) is 3.33. The first-order chi connectivity index (χ1) is 19.1. The first-order valence-corrected chi connectivity index (χ1v) is 12.8. The maximum absolute atomic E-state index is 13.5. The highest BCUT2D eigenvalue weighted by Crippen LogP contribution is 2.52. The molecule has 0 aliphatic carbocycles. The molecule has 1 heterocycles. The van der Waals surface area contributed by atoms with Crippen LogP contribution in [0.5, 0.6) is 0 Å². The molecule has 224 valence electrons. The number of imidazole rings is 1. The molecule has 0 fully saturated rings. The van der Waals surface area contributed by atoms with E-state index in [9.17, 15) is 39.7 Å². The molecule has 0 saturated heterocycles. The second kappa shape index (κ2) is 13.7. The lowest BCUT2D eigenvalue weighted by Crippen LogP contribution is -2.34. The average molecular weight is 616 g/mol. The number of H-pyrrole nitrogens is 1. The molecule has 0 aliphatic heterocycles. The smallest absolute Gasteiger partial charge is 0.373 e. The lowest BCUT2D eigenvalue weighted by atomic mass is 10.2. The van der Waals surface area contributed by atoms with Crippen LogP contribution < -0.4 is 9.99 Å². The highest BCUT2D eigenvalue weighted by Gasteiger charge is 2.47. The highest BCUT2D eigenvalue weighted by molar-refractivity contribution is 7.55. The van der Waals surface area contributed by atoms with Gasteiger partial charge in [0.2, 0.25) is 0 Å². The fourth-order valence-electron chi connectivity index (χ4n) is 2.85. The quantitative estimate of drug-likeness (QED) is 0.0905. The molecule has 0 atom stereocenters. The summed E-state index contributed by atoms with van der Waals surface area (Å²) < 4.78 is 126. The molecule has 11 nitrogen and oxygen atoms in total. The lowest BCUT2D eigenvalue weighted by molar-refractivity contribution is -0.158. The Morgan fingerprint density at radius 2 is 1.59 bits per heavy atom. The molecule has 0 aliphatic rings. The molecule has 1 aromatic heterocycles. The van der Waals surface area contributed by atoms with Crippen molar-refractivity contribution in [3.63, 3.8) is 0 Å². The maximum atomic E-state index is 13.5. The summed E-state index contributed by atoms with van der Waals surface area (Å²) in [7, 11) is -5.52. The van der Waals surface area contributed by atoms with Crippen molar-refractivity contribution in [2.24, 2.45) is 10.2 Å². The van der Waals surface area contributed by atoms with Crippen molar-refractivity contribution in [2.75, 3.05) is 36.3 Å². The molecule has 0 radical (unpaired) electrons. The zero-order chi connectivity index (χ0) is 31.0. The largest absolute Gasteiger partial charge is 0.433 e. The first-order valence-electron chi connectivity index (χ1n) is 11.3. The number of nitrogens with zero attached hydrogens (tertiary/aromatic N) is 6. The number of halogens is 8. The van der Waals surface area contributed by atoms with E-state index in [1.165, 1.54) is 18.2 Å². The molecular weight excluding hydrogens is 595 g/mol. The zero-order valence-corrected chi connectivity index (χ0v) is 22.0. The van der Waals surface area contributed by atoms with Gasteiger partial charge in [-0.1, -0.05) is 23.2 Å². The van der Waals surface area contributed by atoms with Gasteiger partial charge in [0.15, 0.2) is 0 Å². The van der Waals surface area contributed by atoms with E-state index < -0.39 is 51.3 Å². The fraction of sp³-hybridized carbons (Fsp3) is 0.476. The number of anilines is 2. The minimum absolute atomic E-state index is 0.268. The Morgan fingerprint density at radius 3 is 2.02 bits per heavy atom. The van der Waals surface area contributed by atoms with Crippen LogP contribution in [0.15, 0.2) is 28.4 Å². The molecule has 0 unspecified atom stereocenters. The standard InChI is InChI=1S/C21H21F8N8O3P/c1-5-37(6-2)12-7-8-13(34-35-19-32-15(30-3)16(31-4)33-19)14(9-12)36-41(38,39-10-20(26,27)17(22)23)40-11-21(28,29)18(24)25/h7-9,17-18H,5-6,10-11H2,1-2H3,(H,32,33)(H,36,38). The van der Waals surface area contributed by atoms with Gasteiger partial charge in [-0.25, -0.2) is 22.1 Å². The van der Waals surface area contributed by atoms with Gasteiger partial charge in [-0.2, -0.15) is 17.6 Å². The van der Waals surface area contributed by atoms with Gasteiger partial charge >= 0.3 is 38.4 Å². The predicted octanol–water partition coefficient (Wildman–Crippen LogP) is 8.13. The van der Waals surface area contributed by atoms with Crippen molar-refractivity contribution in [1.29, 1.82) is 0 Å². The molecule has 0 amide bonds. The number of nitrogens with one attached hydrogen (secondary N) is 2. The number of alkyl halides is 8. The Morgan fingerprint density at radius 1 is 1.02 bits per heavy atom. The van der Waals surface area contributed by atoms with Gasteiger partial charge in [-0.05, 0) is 32.0 Å². The van der Waals surface area contributed by atoms with E-state index in [4.69, 9.17) is 13.1 Å². The van der Waals surface area contributed by atoms with Gasteiger partial charge in [-0.3, -0.25) is 19.1 Å². The van der Waals surface area contributed by atoms with Crippen molar-refractivity contribution in [3.05, 3.63) is 41.0 Å². The van der Waals surface area contributed by atoms with Crippen molar-refractivity contribution in [2.45, 2.75) is 38.5 Å². The van der Waals surface area contributed by atoms with Gasteiger partial charge in [0.25, 0.3) is 11.6 Å². The third-order valence-electron chi connectivity index (χ3n) is 4.98. The van der Waals surface area contributed by atoms with Gasteiger partial charge in [0.1, 0.15) is 18.9 Å². The van der Waals surface area contributed by atoms with Gasteiger partial charge in [-0.15, -0.1) is 5.11 Å². The summed E-state index contributed by atoms with van der Waals surface area (Å²) in [6, 6.07) is 3.86. The second-order valence-electron chi connectivity index (χ2n) is 7.81. The minimum Gasteiger partial charge on any atom is -0.373 e. The summed E-state index contributed by atoms with van der Waals surface area (Å²) in [4.78, 5) is 13.9. The molecular formula is C21H21F8N8O3P. The summed E-state index contributed by atoms with van der Waals surface area (Å²) >= 11 is 0. The van der Waals surface area contributed by atoms with E-state index in [1.54, 1.807) is 18.7 Å². The summed E-state index contributed by atoms with van der Waals surface area (Å²) in [6.45, 7) is 13.7. The number of rotatable bonds is 15. The number of aromatic amines is 1. The summed E-state index contributed by atoms with van der Waals surface area (Å²) in [5.41, 5.74) is -0.397. The number of hydrogen-bond acceptors (Lipinski definition) is 7.